The molecule has 1 N–H and O–H groups in total. The predicted octanol–water partition coefficient (Wildman–Crippen LogP) is 2.69. The van der Waals surface area contributed by atoms with Crippen LogP contribution >= 0.6 is 0 Å². The van der Waals surface area contributed by atoms with Gasteiger partial charge >= 0.3 is 0 Å². The largest absolute Gasteiger partial charge is 0.393 e. The summed E-state index contributed by atoms with van der Waals surface area (Å²) < 4.78 is 5.63. The van der Waals surface area contributed by atoms with Crippen molar-refractivity contribution in [1.82, 2.24) is 0 Å². The number of unbranched alkanes of at least 4 members (excludes halogenated alkanes) is 2. The number of aliphatic hydroxyl groups is 1. The van der Waals surface area contributed by atoms with Crippen molar-refractivity contribution in [2.45, 2.75) is 38.2 Å². The van der Waals surface area contributed by atoms with Gasteiger partial charge in [0.05, 0.1) is 6.61 Å². The van der Waals surface area contributed by atoms with E-state index in [0.29, 0.717) is 13.0 Å². The first kappa shape index (κ1) is 13.4. The first-order chi connectivity index (χ1) is 6.74. The fourth-order valence-electron chi connectivity index (χ4n) is 1.25. The van der Waals surface area contributed by atoms with Gasteiger partial charge in [0.2, 0.25) is 0 Å². The standard InChI is InChI=1S/C12H22O2/c1-4-7-8-10-14-12(6-3,11-13)9-5-2/h5-6,13H,2-4,7-11H2,1H3. The summed E-state index contributed by atoms with van der Waals surface area (Å²) in [5, 5.41) is 9.22. The van der Waals surface area contributed by atoms with Gasteiger partial charge in [-0.1, -0.05) is 31.9 Å². The highest BCUT2D eigenvalue weighted by molar-refractivity contribution is 5.01. The van der Waals surface area contributed by atoms with Crippen LogP contribution in [0, 0.1) is 0 Å². The quantitative estimate of drug-likeness (QED) is 0.456. The summed E-state index contributed by atoms with van der Waals surface area (Å²) in [6, 6.07) is 0. The van der Waals surface area contributed by atoms with Crippen LogP contribution in [-0.4, -0.2) is 23.9 Å². The summed E-state index contributed by atoms with van der Waals surface area (Å²) in [4.78, 5) is 0. The van der Waals surface area contributed by atoms with Gasteiger partial charge in [0, 0.05) is 6.61 Å². The Hall–Kier alpha value is -0.600. The molecule has 0 amide bonds. The Balaban J connectivity index is 3.94. The van der Waals surface area contributed by atoms with Gasteiger partial charge in [0.15, 0.2) is 0 Å². The van der Waals surface area contributed by atoms with Crippen molar-refractivity contribution >= 4 is 0 Å². The minimum Gasteiger partial charge on any atom is -0.393 e. The molecule has 0 aliphatic carbocycles. The molecule has 0 aromatic carbocycles. The molecule has 0 saturated carbocycles. The van der Waals surface area contributed by atoms with E-state index in [1.54, 1.807) is 12.2 Å². The van der Waals surface area contributed by atoms with Crippen molar-refractivity contribution in [1.29, 1.82) is 0 Å². The highest BCUT2D eigenvalue weighted by Gasteiger charge is 2.24. The van der Waals surface area contributed by atoms with Gasteiger partial charge in [0.25, 0.3) is 0 Å². The van der Waals surface area contributed by atoms with E-state index in [-0.39, 0.29) is 6.61 Å². The van der Waals surface area contributed by atoms with Gasteiger partial charge < -0.3 is 9.84 Å². The van der Waals surface area contributed by atoms with Gasteiger partial charge in [0.1, 0.15) is 5.60 Å². The van der Waals surface area contributed by atoms with Gasteiger partial charge in [-0.25, -0.2) is 0 Å². The molecule has 2 heteroatoms. The average Bonchev–Trinajstić information content (AvgIpc) is 2.23. The molecule has 0 fully saturated rings. The van der Waals surface area contributed by atoms with Crippen molar-refractivity contribution in [3.63, 3.8) is 0 Å². The maximum atomic E-state index is 9.22. The zero-order valence-corrected chi connectivity index (χ0v) is 9.17. The monoisotopic (exact) mass is 198 g/mol. The third kappa shape index (κ3) is 4.58. The number of hydrogen-bond donors (Lipinski definition) is 1. The van der Waals surface area contributed by atoms with E-state index in [1.807, 2.05) is 0 Å². The second-order valence-electron chi connectivity index (χ2n) is 3.48. The molecule has 1 unspecified atom stereocenters. The van der Waals surface area contributed by atoms with Crippen LogP contribution in [0.15, 0.2) is 25.3 Å². The van der Waals surface area contributed by atoms with Crippen LogP contribution in [0.5, 0.6) is 0 Å². The van der Waals surface area contributed by atoms with E-state index in [1.165, 1.54) is 6.42 Å². The maximum Gasteiger partial charge on any atom is 0.112 e. The fourth-order valence-corrected chi connectivity index (χ4v) is 1.25. The molecule has 0 heterocycles. The van der Waals surface area contributed by atoms with Gasteiger partial charge in [-0.05, 0) is 12.8 Å². The Bertz CT molecular complexity index is 166. The smallest absolute Gasteiger partial charge is 0.112 e. The Morgan fingerprint density at radius 1 is 1.36 bits per heavy atom. The van der Waals surface area contributed by atoms with Crippen LogP contribution in [0.25, 0.3) is 0 Å². The average molecular weight is 198 g/mol. The van der Waals surface area contributed by atoms with Crippen molar-refractivity contribution in [2.75, 3.05) is 13.2 Å². The third-order valence-corrected chi connectivity index (χ3v) is 2.27. The van der Waals surface area contributed by atoms with Crippen LogP contribution in [0.3, 0.4) is 0 Å². The van der Waals surface area contributed by atoms with Crippen molar-refractivity contribution in [3.8, 4) is 0 Å². The van der Waals surface area contributed by atoms with E-state index < -0.39 is 5.60 Å². The van der Waals surface area contributed by atoms with Gasteiger partial charge in [-0.2, -0.15) is 0 Å². The molecule has 0 aromatic rings. The molecule has 1 atom stereocenters. The maximum absolute atomic E-state index is 9.22. The highest BCUT2D eigenvalue weighted by atomic mass is 16.5. The first-order valence-electron chi connectivity index (χ1n) is 5.24. The molecular formula is C12H22O2. The minimum atomic E-state index is -0.616. The Kier molecular flexibility index (Phi) is 7.44. The number of hydrogen-bond acceptors (Lipinski definition) is 2. The number of aliphatic hydroxyl groups excluding tert-OH is 1. The van der Waals surface area contributed by atoms with Gasteiger partial charge in [-0.15, -0.1) is 13.2 Å². The summed E-state index contributed by atoms with van der Waals surface area (Å²) in [5.74, 6) is 0. The number of ether oxygens (including phenoxy) is 1. The van der Waals surface area contributed by atoms with Crippen LogP contribution in [-0.2, 0) is 4.74 Å². The second kappa shape index (κ2) is 7.77. The lowest BCUT2D eigenvalue weighted by molar-refractivity contribution is -0.0441. The van der Waals surface area contributed by atoms with E-state index >= 15 is 0 Å². The normalized spacial score (nSPS) is 14.7. The molecule has 14 heavy (non-hydrogen) atoms. The Morgan fingerprint density at radius 2 is 2.07 bits per heavy atom. The molecule has 0 spiro atoms. The van der Waals surface area contributed by atoms with E-state index in [4.69, 9.17) is 4.74 Å². The second-order valence-corrected chi connectivity index (χ2v) is 3.48. The van der Waals surface area contributed by atoms with Crippen LogP contribution < -0.4 is 0 Å². The molecule has 0 bridgehead atoms. The SMILES string of the molecule is C=CCC(C=C)(CO)OCCCCC. The van der Waals surface area contributed by atoms with E-state index in [9.17, 15) is 5.11 Å². The molecule has 2 nitrogen and oxygen atoms in total. The summed E-state index contributed by atoms with van der Waals surface area (Å²) >= 11 is 0. The molecule has 0 saturated heterocycles. The van der Waals surface area contributed by atoms with E-state index in [2.05, 4.69) is 20.1 Å². The molecule has 0 aliphatic heterocycles. The van der Waals surface area contributed by atoms with Crippen molar-refractivity contribution in [2.24, 2.45) is 0 Å². The zero-order chi connectivity index (χ0) is 10.9. The Labute approximate surface area is 87.3 Å². The lowest BCUT2D eigenvalue weighted by Crippen LogP contribution is -2.34. The third-order valence-electron chi connectivity index (χ3n) is 2.27. The zero-order valence-electron chi connectivity index (χ0n) is 9.17. The molecule has 0 aromatic heterocycles. The van der Waals surface area contributed by atoms with Gasteiger partial charge in [-0.3, -0.25) is 0 Å². The molecule has 82 valence electrons. The van der Waals surface area contributed by atoms with Crippen LogP contribution in [0.4, 0.5) is 0 Å². The van der Waals surface area contributed by atoms with Crippen molar-refractivity contribution < 1.29 is 9.84 Å². The summed E-state index contributed by atoms with van der Waals surface area (Å²) in [7, 11) is 0. The molecule has 0 radical (unpaired) electrons. The van der Waals surface area contributed by atoms with Crippen molar-refractivity contribution in [3.05, 3.63) is 25.3 Å². The number of rotatable bonds is 9. The minimum absolute atomic E-state index is 0.0331. The summed E-state index contributed by atoms with van der Waals surface area (Å²) in [6.45, 7) is 10.1. The highest BCUT2D eigenvalue weighted by Crippen LogP contribution is 2.18. The summed E-state index contributed by atoms with van der Waals surface area (Å²) in [6.07, 6.45) is 7.39. The molecule has 0 rings (SSSR count). The topological polar surface area (TPSA) is 29.5 Å². The summed E-state index contributed by atoms with van der Waals surface area (Å²) in [5.41, 5.74) is -0.616. The lowest BCUT2D eigenvalue weighted by Gasteiger charge is -2.27. The predicted molar refractivity (Wildman–Crippen MR) is 60.3 cm³/mol. The van der Waals surface area contributed by atoms with Crippen LogP contribution in [0.2, 0.25) is 0 Å². The fraction of sp³-hybridized carbons (Fsp3) is 0.667. The van der Waals surface area contributed by atoms with Crippen LogP contribution in [0.1, 0.15) is 32.6 Å². The lowest BCUT2D eigenvalue weighted by atomic mass is 10.0. The Morgan fingerprint density at radius 3 is 2.50 bits per heavy atom. The first-order valence-corrected chi connectivity index (χ1v) is 5.24. The van der Waals surface area contributed by atoms with E-state index in [0.717, 1.165) is 12.8 Å². The molecular weight excluding hydrogens is 176 g/mol. The molecule has 0 aliphatic rings.